The highest BCUT2D eigenvalue weighted by atomic mass is 16.3. The van der Waals surface area contributed by atoms with Crippen LogP contribution in [0.5, 0.6) is 0 Å². The smallest absolute Gasteiger partial charge is 0.293 e. The first-order valence-corrected chi connectivity index (χ1v) is 6.89. The normalized spacial score (nSPS) is 23.6. The molecule has 1 heterocycles. The van der Waals surface area contributed by atoms with E-state index in [1.165, 1.54) is 0 Å². The Morgan fingerprint density at radius 2 is 2.21 bits per heavy atom. The zero-order valence-electron chi connectivity index (χ0n) is 11.9. The molecule has 0 aromatic carbocycles. The first kappa shape index (κ1) is 14.1. The lowest BCUT2D eigenvalue weighted by molar-refractivity contribution is 0.222. The first-order chi connectivity index (χ1) is 8.93. The second-order valence-corrected chi connectivity index (χ2v) is 6.25. The van der Waals surface area contributed by atoms with Crippen LogP contribution >= 0.6 is 0 Å². The number of nitrogens with zero attached hydrogens (tertiary/aromatic N) is 2. The quantitative estimate of drug-likeness (QED) is 0.870. The molecular formula is C14H23N3O2. The zero-order valence-corrected chi connectivity index (χ0v) is 11.9. The molecular weight excluding hydrogens is 242 g/mol. The molecule has 0 aliphatic heterocycles. The van der Waals surface area contributed by atoms with Gasteiger partial charge in [0.25, 0.3) is 5.56 Å². The maximum atomic E-state index is 12.4. The van der Waals surface area contributed by atoms with E-state index in [-0.39, 0.29) is 29.7 Å². The van der Waals surface area contributed by atoms with Crippen molar-refractivity contribution in [2.45, 2.75) is 51.6 Å². The summed E-state index contributed by atoms with van der Waals surface area (Å²) in [6.07, 6.45) is 6.44. The number of aliphatic hydroxyl groups is 1. The van der Waals surface area contributed by atoms with E-state index < -0.39 is 0 Å². The van der Waals surface area contributed by atoms with E-state index in [2.05, 4.69) is 10.3 Å². The van der Waals surface area contributed by atoms with Crippen LogP contribution in [0.25, 0.3) is 0 Å². The van der Waals surface area contributed by atoms with Crippen LogP contribution in [0, 0.1) is 5.92 Å². The van der Waals surface area contributed by atoms with Crippen molar-refractivity contribution in [1.82, 2.24) is 9.55 Å². The number of aromatic nitrogens is 2. The van der Waals surface area contributed by atoms with Gasteiger partial charge in [0.2, 0.25) is 0 Å². The highest BCUT2D eigenvalue weighted by Gasteiger charge is 2.28. The third kappa shape index (κ3) is 2.97. The molecule has 0 radical (unpaired) electrons. The van der Waals surface area contributed by atoms with E-state index in [4.69, 9.17) is 0 Å². The average molecular weight is 265 g/mol. The van der Waals surface area contributed by atoms with Crippen LogP contribution in [0.15, 0.2) is 17.2 Å². The Labute approximate surface area is 113 Å². The lowest BCUT2D eigenvalue weighted by Crippen LogP contribution is -2.37. The van der Waals surface area contributed by atoms with Crippen LogP contribution in [0.2, 0.25) is 0 Å². The van der Waals surface area contributed by atoms with Gasteiger partial charge in [-0.15, -0.1) is 0 Å². The topological polar surface area (TPSA) is 67.2 Å². The van der Waals surface area contributed by atoms with Crippen molar-refractivity contribution in [1.29, 1.82) is 0 Å². The largest absolute Gasteiger partial charge is 0.396 e. The number of hydrogen-bond donors (Lipinski definition) is 2. The molecule has 1 aromatic rings. The maximum Gasteiger partial charge on any atom is 0.293 e. The predicted molar refractivity (Wildman–Crippen MR) is 75.3 cm³/mol. The Bertz CT molecular complexity index is 490. The Morgan fingerprint density at radius 1 is 1.47 bits per heavy atom. The number of hydrogen-bond acceptors (Lipinski definition) is 4. The van der Waals surface area contributed by atoms with Crippen molar-refractivity contribution in [3.63, 3.8) is 0 Å². The number of aliphatic hydroxyl groups excluding tert-OH is 1. The van der Waals surface area contributed by atoms with Crippen molar-refractivity contribution in [3.8, 4) is 0 Å². The Kier molecular flexibility index (Phi) is 3.94. The van der Waals surface area contributed by atoms with Gasteiger partial charge in [0.15, 0.2) is 5.82 Å². The van der Waals surface area contributed by atoms with Gasteiger partial charge in [0.1, 0.15) is 0 Å². The van der Waals surface area contributed by atoms with Crippen molar-refractivity contribution in [3.05, 3.63) is 22.7 Å². The van der Waals surface area contributed by atoms with Crippen molar-refractivity contribution in [2.24, 2.45) is 5.92 Å². The van der Waals surface area contributed by atoms with Gasteiger partial charge >= 0.3 is 0 Å². The fourth-order valence-electron chi connectivity index (χ4n) is 2.66. The van der Waals surface area contributed by atoms with Crippen LogP contribution in [-0.4, -0.2) is 27.3 Å². The summed E-state index contributed by atoms with van der Waals surface area (Å²) in [6, 6.07) is 0.154. The summed E-state index contributed by atoms with van der Waals surface area (Å²) in [4.78, 5) is 16.5. The van der Waals surface area contributed by atoms with Crippen molar-refractivity contribution < 1.29 is 5.11 Å². The Hall–Kier alpha value is -1.36. The molecule has 5 heteroatoms. The SMILES string of the molecule is CC(C)(C)n1ccnc(NC2CCCC2CO)c1=O. The van der Waals surface area contributed by atoms with Gasteiger partial charge in [0, 0.05) is 36.5 Å². The van der Waals surface area contributed by atoms with Gasteiger partial charge in [-0.2, -0.15) is 0 Å². The van der Waals surface area contributed by atoms with Crippen LogP contribution in [-0.2, 0) is 5.54 Å². The third-order valence-corrected chi connectivity index (χ3v) is 3.78. The summed E-state index contributed by atoms with van der Waals surface area (Å²) in [5, 5.41) is 12.5. The molecule has 1 aliphatic rings. The standard InChI is InChI=1S/C14H23N3O2/c1-14(2,3)17-8-7-15-12(13(17)19)16-11-6-4-5-10(11)9-18/h7-8,10-11,18H,4-6,9H2,1-3H3,(H,15,16). The molecule has 106 valence electrons. The summed E-state index contributed by atoms with van der Waals surface area (Å²) < 4.78 is 1.69. The lowest BCUT2D eigenvalue weighted by atomic mass is 10.1. The lowest BCUT2D eigenvalue weighted by Gasteiger charge is -2.24. The molecule has 2 N–H and O–H groups in total. The molecule has 1 saturated carbocycles. The molecule has 2 rings (SSSR count). The summed E-state index contributed by atoms with van der Waals surface area (Å²) in [6.45, 7) is 6.14. The monoisotopic (exact) mass is 265 g/mol. The number of nitrogens with one attached hydrogen (secondary N) is 1. The Morgan fingerprint density at radius 3 is 2.84 bits per heavy atom. The number of rotatable bonds is 3. The van der Waals surface area contributed by atoms with Gasteiger partial charge < -0.3 is 15.0 Å². The van der Waals surface area contributed by atoms with E-state index in [1.807, 2.05) is 20.8 Å². The molecule has 1 aromatic heterocycles. The second kappa shape index (κ2) is 5.33. The minimum atomic E-state index is -0.261. The predicted octanol–water partition coefficient (Wildman–Crippen LogP) is 1.57. The maximum absolute atomic E-state index is 12.4. The molecule has 0 bridgehead atoms. The van der Waals surface area contributed by atoms with Gasteiger partial charge in [0.05, 0.1) is 0 Å². The molecule has 5 nitrogen and oxygen atoms in total. The minimum absolute atomic E-state index is 0.0985. The summed E-state index contributed by atoms with van der Waals surface area (Å²) in [5.74, 6) is 0.618. The molecule has 19 heavy (non-hydrogen) atoms. The zero-order chi connectivity index (χ0) is 14.0. The van der Waals surface area contributed by atoms with Gasteiger partial charge in [-0.3, -0.25) is 4.79 Å². The van der Waals surface area contributed by atoms with E-state index in [9.17, 15) is 9.90 Å². The van der Waals surface area contributed by atoms with Gasteiger partial charge in [-0.1, -0.05) is 6.42 Å². The molecule has 0 spiro atoms. The molecule has 0 saturated heterocycles. The van der Waals surface area contributed by atoms with Crippen molar-refractivity contribution >= 4 is 5.82 Å². The van der Waals surface area contributed by atoms with Gasteiger partial charge in [-0.25, -0.2) is 4.98 Å². The van der Waals surface area contributed by atoms with Crippen LogP contribution in [0.4, 0.5) is 5.82 Å². The number of anilines is 1. The summed E-state index contributed by atoms with van der Waals surface area (Å²) in [5.41, 5.74) is -0.360. The second-order valence-electron chi connectivity index (χ2n) is 6.25. The molecule has 1 aliphatic carbocycles. The Balaban J connectivity index is 2.24. The highest BCUT2D eigenvalue weighted by Crippen LogP contribution is 2.27. The van der Waals surface area contributed by atoms with Crippen molar-refractivity contribution in [2.75, 3.05) is 11.9 Å². The van der Waals surface area contributed by atoms with E-state index in [0.717, 1.165) is 19.3 Å². The van der Waals surface area contributed by atoms with Crippen LogP contribution < -0.4 is 10.9 Å². The van der Waals surface area contributed by atoms with Crippen LogP contribution in [0.1, 0.15) is 40.0 Å². The minimum Gasteiger partial charge on any atom is -0.396 e. The molecule has 1 fully saturated rings. The fourth-order valence-corrected chi connectivity index (χ4v) is 2.66. The van der Waals surface area contributed by atoms with E-state index in [0.29, 0.717) is 5.82 Å². The summed E-state index contributed by atoms with van der Waals surface area (Å²) in [7, 11) is 0. The van der Waals surface area contributed by atoms with Gasteiger partial charge in [-0.05, 0) is 33.6 Å². The van der Waals surface area contributed by atoms with Crippen LogP contribution in [0.3, 0.4) is 0 Å². The first-order valence-electron chi connectivity index (χ1n) is 6.89. The fraction of sp³-hybridized carbons (Fsp3) is 0.714. The third-order valence-electron chi connectivity index (χ3n) is 3.78. The molecule has 0 amide bonds. The molecule has 2 unspecified atom stereocenters. The van der Waals surface area contributed by atoms with E-state index >= 15 is 0 Å². The molecule has 2 atom stereocenters. The van der Waals surface area contributed by atoms with E-state index in [1.54, 1.807) is 17.0 Å². The highest BCUT2D eigenvalue weighted by molar-refractivity contribution is 5.33. The summed E-state index contributed by atoms with van der Waals surface area (Å²) >= 11 is 0. The average Bonchev–Trinajstić information content (AvgIpc) is 2.77.